The van der Waals surface area contributed by atoms with Crippen molar-refractivity contribution in [3.05, 3.63) is 52.0 Å². The smallest absolute Gasteiger partial charge is 0.339 e. The Morgan fingerprint density at radius 3 is 2.70 bits per heavy atom. The van der Waals surface area contributed by atoms with E-state index in [0.29, 0.717) is 30.5 Å². The first kappa shape index (κ1) is 18.7. The SMILES string of the molecule is COc1cc(NC(=O)c2ccc3c(c2)CCCC(=O)N3)c(Cl)cc1C(=O)O. The summed E-state index contributed by atoms with van der Waals surface area (Å²) >= 11 is 6.11. The number of rotatable bonds is 4. The number of benzene rings is 2. The Kier molecular flexibility index (Phi) is 5.32. The third-order valence-corrected chi connectivity index (χ3v) is 4.57. The van der Waals surface area contributed by atoms with E-state index in [9.17, 15) is 19.5 Å². The highest BCUT2D eigenvalue weighted by Gasteiger charge is 2.18. The van der Waals surface area contributed by atoms with Crippen molar-refractivity contribution in [3.8, 4) is 5.75 Å². The molecule has 7 nitrogen and oxygen atoms in total. The number of ether oxygens (including phenoxy) is 1. The number of carbonyl (C=O) groups is 3. The van der Waals surface area contributed by atoms with Crippen LogP contribution in [0.3, 0.4) is 0 Å². The average molecular weight is 389 g/mol. The van der Waals surface area contributed by atoms with E-state index in [2.05, 4.69) is 10.6 Å². The van der Waals surface area contributed by atoms with Crippen LogP contribution in [0.1, 0.15) is 39.1 Å². The third-order valence-electron chi connectivity index (χ3n) is 4.26. The second-order valence-electron chi connectivity index (χ2n) is 6.07. The van der Waals surface area contributed by atoms with Gasteiger partial charge in [-0.15, -0.1) is 0 Å². The molecule has 0 atom stereocenters. The number of amides is 2. The van der Waals surface area contributed by atoms with Crippen molar-refractivity contribution in [2.45, 2.75) is 19.3 Å². The van der Waals surface area contributed by atoms with Crippen LogP contribution in [0.2, 0.25) is 5.02 Å². The number of hydrogen-bond acceptors (Lipinski definition) is 4. The van der Waals surface area contributed by atoms with Gasteiger partial charge in [0.15, 0.2) is 0 Å². The van der Waals surface area contributed by atoms with Crippen molar-refractivity contribution >= 4 is 40.8 Å². The summed E-state index contributed by atoms with van der Waals surface area (Å²) in [6.45, 7) is 0. The second-order valence-corrected chi connectivity index (χ2v) is 6.47. The van der Waals surface area contributed by atoms with Crippen LogP contribution in [0.25, 0.3) is 0 Å². The Morgan fingerprint density at radius 2 is 2.00 bits per heavy atom. The summed E-state index contributed by atoms with van der Waals surface area (Å²) in [7, 11) is 1.34. The number of methoxy groups -OCH3 is 1. The number of carboxylic acid groups (broad SMARTS) is 1. The summed E-state index contributed by atoms with van der Waals surface area (Å²) < 4.78 is 5.06. The van der Waals surface area contributed by atoms with Crippen LogP contribution in [0.15, 0.2) is 30.3 Å². The maximum Gasteiger partial charge on any atom is 0.339 e. The summed E-state index contributed by atoms with van der Waals surface area (Å²) in [5.74, 6) is -1.53. The molecule has 0 bridgehead atoms. The zero-order valence-corrected chi connectivity index (χ0v) is 15.2. The molecule has 0 fully saturated rings. The number of anilines is 2. The highest BCUT2D eigenvalue weighted by molar-refractivity contribution is 6.34. The van der Waals surface area contributed by atoms with Crippen molar-refractivity contribution < 1.29 is 24.2 Å². The topological polar surface area (TPSA) is 105 Å². The minimum atomic E-state index is -1.18. The molecule has 2 amide bonds. The van der Waals surface area contributed by atoms with Crippen LogP contribution < -0.4 is 15.4 Å². The average Bonchev–Trinajstić information content (AvgIpc) is 2.82. The van der Waals surface area contributed by atoms with Crippen LogP contribution in [-0.2, 0) is 11.2 Å². The van der Waals surface area contributed by atoms with E-state index < -0.39 is 11.9 Å². The Morgan fingerprint density at radius 1 is 1.22 bits per heavy atom. The zero-order valence-electron chi connectivity index (χ0n) is 14.5. The van der Waals surface area contributed by atoms with Gasteiger partial charge in [0, 0.05) is 23.7 Å². The highest BCUT2D eigenvalue weighted by atomic mass is 35.5. The van der Waals surface area contributed by atoms with E-state index in [0.717, 1.165) is 5.56 Å². The van der Waals surface area contributed by atoms with Crippen LogP contribution in [0.4, 0.5) is 11.4 Å². The van der Waals surface area contributed by atoms with E-state index in [-0.39, 0.29) is 27.9 Å². The van der Waals surface area contributed by atoms with Gasteiger partial charge in [-0.2, -0.15) is 0 Å². The van der Waals surface area contributed by atoms with Crippen molar-refractivity contribution in [2.75, 3.05) is 17.7 Å². The van der Waals surface area contributed by atoms with Gasteiger partial charge in [-0.1, -0.05) is 11.6 Å². The molecule has 1 aliphatic heterocycles. The van der Waals surface area contributed by atoms with Crippen molar-refractivity contribution in [3.63, 3.8) is 0 Å². The van der Waals surface area contributed by atoms with Crippen molar-refractivity contribution in [2.24, 2.45) is 0 Å². The minimum Gasteiger partial charge on any atom is -0.496 e. The standard InChI is InChI=1S/C19H17ClN2O5/c1-27-16-9-15(13(20)8-12(16)19(25)26)22-18(24)11-5-6-14-10(7-11)3-2-4-17(23)21-14/h5-9H,2-4H2,1H3,(H,21,23)(H,22,24)(H,25,26). The zero-order chi connectivity index (χ0) is 19.6. The van der Waals surface area contributed by atoms with Crippen molar-refractivity contribution in [1.82, 2.24) is 0 Å². The number of carbonyl (C=O) groups excluding carboxylic acids is 2. The van der Waals surface area contributed by atoms with Gasteiger partial charge in [0.2, 0.25) is 5.91 Å². The number of fused-ring (bicyclic) bond motifs is 1. The number of aryl methyl sites for hydroxylation is 1. The molecule has 0 saturated heterocycles. The Labute approximate surface area is 160 Å². The van der Waals surface area contributed by atoms with Gasteiger partial charge in [0.1, 0.15) is 11.3 Å². The first-order valence-electron chi connectivity index (χ1n) is 8.24. The molecular formula is C19H17ClN2O5. The molecule has 0 unspecified atom stereocenters. The van der Waals surface area contributed by atoms with E-state index in [4.69, 9.17) is 16.3 Å². The fourth-order valence-electron chi connectivity index (χ4n) is 2.90. The molecule has 3 rings (SSSR count). The van der Waals surface area contributed by atoms with Gasteiger partial charge < -0.3 is 20.5 Å². The summed E-state index contributed by atoms with van der Waals surface area (Å²) in [6.07, 6.45) is 1.85. The van der Waals surface area contributed by atoms with Gasteiger partial charge in [-0.25, -0.2) is 4.79 Å². The van der Waals surface area contributed by atoms with Crippen LogP contribution >= 0.6 is 11.6 Å². The number of aromatic carboxylic acids is 1. The molecule has 0 radical (unpaired) electrons. The second kappa shape index (κ2) is 7.67. The maximum atomic E-state index is 12.6. The summed E-state index contributed by atoms with van der Waals surface area (Å²) in [5.41, 5.74) is 2.15. The van der Waals surface area contributed by atoms with Crippen LogP contribution in [0.5, 0.6) is 5.75 Å². The molecular weight excluding hydrogens is 372 g/mol. The lowest BCUT2D eigenvalue weighted by atomic mass is 10.0. The molecule has 0 spiro atoms. The van der Waals surface area contributed by atoms with Gasteiger partial charge in [-0.05, 0) is 42.7 Å². The molecule has 140 valence electrons. The molecule has 1 heterocycles. The molecule has 0 aliphatic carbocycles. The van der Waals surface area contributed by atoms with Crippen LogP contribution in [0, 0.1) is 0 Å². The number of nitrogens with one attached hydrogen (secondary N) is 2. The maximum absolute atomic E-state index is 12.6. The normalized spacial score (nSPS) is 13.2. The predicted molar refractivity (Wildman–Crippen MR) is 101 cm³/mol. The quantitative estimate of drug-likeness (QED) is 0.742. The number of hydrogen-bond donors (Lipinski definition) is 3. The van der Waals surface area contributed by atoms with Crippen LogP contribution in [-0.4, -0.2) is 30.0 Å². The van der Waals surface area contributed by atoms with E-state index in [1.54, 1.807) is 18.2 Å². The molecule has 0 aromatic heterocycles. The molecule has 1 aliphatic rings. The van der Waals surface area contributed by atoms with Gasteiger partial charge >= 0.3 is 5.97 Å². The fourth-order valence-corrected chi connectivity index (χ4v) is 3.11. The fraction of sp³-hybridized carbons (Fsp3) is 0.211. The number of halogens is 1. The van der Waals surface area contributed by atoms with Gasteiger partial charge in [0.25, 0.3) is 5.91 Å². The Balaban J connectivity index is 1.87. The summed E-state index contributed by atoms with van der Waals surface area (Å²) in [5, 5.41) is 14.7. The molecule has 3 N–H and O–H groups in total. The summed E-state index contributed by atoms with van der Waals surface area (Å²) in [6, 6.07) is 7.63. The lowest BCUT2D eigenvalue weighted by Crippen LogP contribution is -2.14. The van der Waals surface area contributed by atoms with E-state index >= 15 is 0 Å². The third kappa shape index (κ3) is 4.03. The highest BCUT2D eigenvalue weighted by Crippen LogP contribution is 2.31. The Hall–Kier alpha value is -3.06. The lowest BCUT2D eigenvalue weighted by Gasteiger charge is -2.13. The first-order chi connectivity index (χ1) is 12.9. The molecule has 0 saturated carbocycles. The lowest BCUT2D eigenvalue weighted by molar-refractivity contribution is -0.116. The van der Waals surface area contributed by atoms with Crippen molar-refractivity contribution in [1.29, 1.82) is 0 Å². The molecule has 8 heteroatoms. The van der Waals surface area contributed by atoms with E-state index in [1.165, 1.54) is 19.2 Å². The Bertz CT molecular complexity index is 942. The summed E-state index contributed by atoms with van der Waals surface area (Å²) in [4.78, 5) is 35.4. The van der Waals surface area contributed by atoms with Gasteiger partial charge in [0.05, 0.1) is 17.8 Å². The first-order valence-corrected chi connectivity index (χ1v) is 8.62. The molecule has 2 aromatic carbocycles. The van der Waals surface area contributed by atoms with E-state index in [1.807, 2.05) is 0 Å². The largest absolute Gasteiger partial charge is 0.496 e. The monoisotopic (exact) mass is 388 g/mol. The molecule has 2 aromatic rings. The predicted octanol–water partition coefficient (Wildman–Crippen LogP) is 3.57. The minimum absolute atomic E-state index is 0.0386. The number of carboxylic acids is 1. The molecule has 27 heavy (non-hydrogen) atoms. The van der Waals surface area contributed by atoms with Gasteiger partial charge in [-0.3, -0.25) is 9.59 Å².